The number of hydrogen-bond acceptors (Lipinski definition) is 2. The first kappa shape index (κ1) is 12.7. The summed E-state index contributed by atoms with van der Waals surface area (Å²) >= 11 is 5.80. The second kappa shape index (κ2) is 5.74. The fourth-order valence-electron chi connectivity index (χ4n) is 1.66. The topological polar surface area (TPSA) is 30.0 Å². The molecule has 2 nitrogen and oxygen atoms in total. The predicted octanol–water partition coefficient (Wildman–Crippen LogP) is 3.23. The maximum absolute atomic E-state index is 13.2. The summed E-state index contributed by atoms with van der Waals surface area (Å²) in [5.41, 5.74) is 1.22. The summed E-state index contributed by atoms with van der Waals surface area (Å²) in [5, 5.41) is 0.0203. The van der Waals surface area contributed by atoms with Crippen LogP contribution in [0.3, 0.4) is 0 Å². The van der Waals surface area contributed by atoms with Crippen LogP contribution in [0.25, 0.3) is 0 Å². The number of ketones is 1. The molecule has 0 aliphatic rings. The summed E-state index contributed by atoms with van der Waals surface area (Å²) in [4.78, 5) is 15.9. The predicted molar refractivity (Wildman–Crippen MR) is 68.1 cm³/mol. The van der Waals surface area contributed by atoms with Crippen LogP contribution in [0.2, 0.25) is 5.02 Å². The van der Waals surface area contributed by atoms with Gasteiger partial charge in [-0.05, 0) is 23.8 Å². The second-order valence-electron chi connectivity index (χ2n) is 3.93. The van der Waals surface area contributed by atoms with Gasteiger partial charge in [-0.25, -0.2) is 4.39 Å². The third kappa shape index (κ3) is 3.14. The van der Waals surface area contributed by atoms with Crippen molar-refractivity contribution in [1.82, 2.24) is 4.98 Å². The number of Topliss-reactive ketones (excluding diaryl/α,β-unsaturated/α-hetero) is 1. The van der Waals surface area contributed by atoms with Crippen molar-refractivity contribution in [3.05, 3.63) is 64.7 Å². The van der Waals surface area contributed by atoms with E-state index >= 15 is 0 Å². The molecule has 0 fully saturated rings. The molecule has 4 heteroatoms. The molecule has 0 spiro atoms. The number of pyridine rings is 1. The average molecular weight is 264 g/mol. The van der Waals surface area contributed by atoms with Crippen molar-refractivity contribution in [1.29, 1.82) is 0 Å². The van der Waals surface area contributed by atoms with E-state index in [2.05, 4.69) is 4.98 Å². The van der Waals surface area contributed by atoms with Crippen molar-refractivity contribution in [2.24, 2.45) is 0 Å². The molecular weight excluding hydrogens is 253 g/mol. The lowest BCUT2D eigenvalue weighted by atomic mass is 10.1. The first-order chi connectivity index (χ1) is 8.66. The molecule has 0 aliphatic heterocycles. The number of rotatable bonds is 4. The van der Waals surface area contributed by atoms with Gasteiger partial charge in [-0.3, -0.25) is 9.78 Å². The molecule has 0 aliphatic carbocycles. The van der Waals surface area contributed by atoms with Crippen LogP contribution < -0.4 is 0 Å². The molecule has 0 unspecified atom stereocenters. The zero-order valence-electron chi connectivity index (χ0n) is 9.57. The number of nitrogens with zero attached hydrogens (tertiary/aromatic N) is 1. The quantitative estimate of drug-likeness (QED) is 0.848. The van der Waals surface area contributed by atoms with E-state index in [0.29, 0.717) is 11.3 Å². The molecule has 92 valence electrons. The van der Waals surface area contributed by atoms with E-state index in [-0.39, 0.29) is 23.6 Å². The Morgan fingerprint density at radius 3 is 2.72 bits per heavy atom. The van der Waals surface area contributed by atoms with E-state index in [1.165, 1.54) is 6.07 Å². The van der Waals surface area contributed by atoms with Crippen molar-refractivity contribution in [3.8, 4) is 0 Å². The van der Waals surface area contributed by atoms with Crippen molar-refractivity contribution in [3.63, 3.8) is 0 Å². The van der Waals surface area contributed by atoms with Gasteiger partial charge in [-0.2, -0.15) is 0 Å². The normalized spacial score (nSPS) is 10.3. The van der Waals surface area contributed by atoms with Gasteiger partial charge in [0, 0.05) is 24.7 Å². The highest BCUT2D eigenvalue weighted by Gasteiger charge is 2.11. The fourth-order valence-corrected chi connectivity index (χ4v) is 1.86. The maximum atomic E-state index is 13.2. The summed E-state index contributed by atoms with van der Waals surface area (Å²) in [6.07, 6.45) is 1.98. The van der Waals surface area contributed by atoms with Crippen LogP contribution in [0.1, 0.15) is 11.3 Å². The largest absolute Gasteiger partial charge is 0.299 e. The standard InChI is InChI=1S/C14H11ClFNO/c15-14-10(4-3-6-13(14)16)8-12(18)9-11-5-1-2-7-17-11/h1-7H,8-9H2. The zero-order chi connectivity index (χ0) is 13.0. The van der Waals surface area contributed by atoms with Gasteiger partial charge in [-0.15, -0.1) is 0 Å². The fraction of sp³-hybridized carbons (Fsp3) is 0.143. The van der Waals surface area contributed by atoms with Gasteiger partial charge in [-0.1, -0.05) is 29.8 Å². The Morgan fingerprint density at radius 1 is 1.17 bits per heavy atom. The molecule has 0 amide bonds. The summed E-state index contributed by atoms with van der Waals surface area (Å²) < 4.78 is 13.2. The molecule has 0 N–H and O–H groups in total. The molecule has 1 aromatic carbocycles. The molecule has 0 atom stereocenters. The van der Waals surface area contributed by atoms with E-state index in [1.807, 2.05) is 6.07 Å². The summed E-state index contributed by atoms with van der Waals surface area (Å²) in [5.74, 6) is -0.541. The SMILES string of the molecule is O=C(Cc1ccccn1)Cc1cccc(F)c1Cl. The Kier molecular flexibility index (Phi) is 4.05. The lowest BCUT2D eigenvalue weighted by molar-refractivity contribution is -0.117. The van der Waals surface area contributed by atoms with Gasteiger partial charge >= 0.3 is 0 Å². The van der Waals surface area contributed by atoms with Crippen molar-refractivity contribution in [2.75, 3.05) is 0 Å². The summed E-state index contributed by atoms with van der Waals surface area (Å²) in [6.45, 7) is 0. The third-order valence-electron chi connectivity index (χ3n) is 2.52. The molecule has 0 radical (unpaired) electrons. The number of carbonyl (C=O) groups excluding carboxylic acids is 1. The van der Waals surface area contributed by atoms with Crippen LogP contribution >= 0.6 is 11.6 Å². The molecule has 18 heavy (non-hydrogen) atoms. The number of benzene rings is 1. The molecular formula is C14H11ClFNO. The van der Waals surface area contributed by atoms with Gasteiger partial charge in [0.25, 0.3) is 0 Å². The average Bonchev–Trinajstić information content (AvgIpc) is 2.36. The highest BCUT2D eigenvalue weighted by Crippen LogP contribution is 2.20. The Bertz CT molecular complexity index is 557. The lowest BCUT2D eigenvalue weighted by Crippen LogP contribution is -2.08. The minimum absolute atomic E-state index is 0.0203. The van der Waals surface area contributed by atoms with Gasteiger partial charge in [0.1, 0.15) is 11.6 Å². The Morgan fingerprint density at radius 2 is 2.00 bits per heavy atom. The van der Waals surface area contributed by atoms with Gasteiger partial charge in [0.15, 0.2) is 0 Å². The van der Waals surface area contributed by atoms with Gasteiger partial charge in [0.05, 0.1) is 5.02 Å². The summed E-state index contributed by atoms with van der Waals surface area (Å²) in [6, 6.07) is 9.87. The minimum atomic E-state index is -0.500. The number of hydrogen-bond donors (Lipinski definition) is 0. The second-order valence-corrected chi connectivity index (χ2v) is 4.30. The van der Waals surface area contributed by atoms with Crippen LogP contribution in [0, 0.1) is 5.82 Å². The smallest absolute Gasteiger partial charge is 0.143 e. The van der Waals surface area contributed by atoms with Crippen LogP contribution in [-0.4, -0.2) is 10.8 Å². The first-order valence-electron chi connectivity index (χ1n) is 5.51. The van der Waals surface area contributed by atoms with Gasteiger partial charge < -0.3 is 0 Å². The Labute approximate surface area is 109 Å². The van der Waals surface area contributed by atoms with Crippen molar-refractivity contribution in [2.45, 2.75) is 12.8 Å². The molecule has 1 heterocycles. The highest BCUT2D eigenvalue weighted by atomic mass is 35.5. The van der Waals surface area contributed by atoms with Gasteiger partial charge in [0.2, 0.25) is 0 Å². The first-order valence-corrected chi connectivity index (χ1v) is 5.89. The minimum Gasteiger partial charge on any atom is -0.299 e. The van der Waals surface area contributed by atoms with E-state index in [9.17, 15) is 9.18 Å². The molecule has 1 aromatic heterocycles. The van der Waals surface area contributed by atoms with Crippen LogP contribution in [0.5, 0.6) is 0 Å². The number of carbonyl (C=O) groups is 1. The van der Waals surface area contributed by atoms with E-state index in [4.69, 9.17) is 11.6 Å². The van der Waals surface area contributed by atoms with Crippen molar-refractivity contribution < 1.29 is 9.18 Å². The maximum Gasteiger partial charge on any atom is 0.143 e. The van der Waals surface area contributed by atoms with E-state index in [0.717, 1.165) is 0 Å². The number of aromatic nitrogens is 1. The monoisotopic (exact) mass is 263 g/mol. The molecule has 2 rings (SSSR count). The Balaban J connectivity index is 2.06. The third-order valence-corrected chi connectivity index (χ3v) is 2.95. The van der Waals surface area contributed by atoms with Crippen LogP contribution in [0.4, 0.5) is 4.39 Å². The molecule has 0 saturated carbocycles. The number of halogens is 2. The molecule has 0 bridgehead atoms. The van der Waals surface area contributed by atoms with Crippen LogP contribution in [0.15, 0.2) is 42.6 Å². The van der Waals surface area contributed by atoms with Crippen LogP contribution in [-0.2, 0) is 17.6 Å². The molecule has 2 aromatic rings. The van der Waals surface area contributed by atoms with E-state index < -0.39 is 5.82 Å². The highest BCUT2D eigenvalue weighted by molar-refractivity contribution is 6.31. The van der Waals surface area contributed by atoms with E-state index in [1.54, 1.807) is 30.5 Å². The van der Waals surface area contributed by atoms with Crippen molar-refractivity contribution >= 4 is 17.4 Å². The molecule has 0 saturated heterocycles. The lowest BCUT2D eigenvalue weighted by Gasteiger charge is -2.04. The summed E-state index contributed by atoms with van der Waals surface area (Å²) in [7, 11) is 0. The Hall–Kier alpha value is -1.74. The zero-order valence-corrected chi connectivity index (χ0v) is 10.3.